The van der Waals surface area contributed by atoms with E-state index in [9.17, 15) is 30.3 Å². The number of carbonyl (C=O) groups is 1. The zero-order valence-corrected chi connectivity index (χ0v) is 20.7. The fourth-order valence-corrected chi connectivity index (χ4v) is 6.63. The molecule has 8 nitrogen and oxygen atoms in total. The fraction of sp³-hybridized carbons (Fsp3) is 0.808. The molecule has 3 aliphatic rings. The summed E-state index contributed by atoms with van der Waals surface area (Å²) in [7, 11) is 0. The highest BCUT2D eigenvalue weighted by Gasteiger charge is 2.53. The van der Waals surface area contributed by atoms with E-state index < -0.39 is 37.3 Å². The number of rotatable bonds is 9. The maximum atomic E-state index is 12.0. The monoisotopic (exact) mass is 482 g/mol. The average Bonchev–Trinajstić information content (AvgIpc) is 2.81. The van der Waals surface area contributed by atoms with E-state index in [0.717, 1.165) is 62.4 Å². The number of carbonyl (C=O) groups excluding carboxylic acids is 1. The first-order chi connectivity index (χ1) is 16.1. The summed E-state index contributed by atoms with van der Waals surface area (Å²) in [6.45, 7) is 6.25. The Labute approximate surface area is 202 Å². The molecule has 0 bridgehead atoms. The van der Waals surface area contributed by atoms with Crippen LogP contribution in [0.5, 0.6) is 0 Å². The number of ether oxygens (including phenoxy) is 2. The second kappa shape index (κ2) is 11.3. The van der Waals surface area contributed by atoms with Crippen molar-refractivity contribution in [2.45, 2.75) is 96.4 Å². The molecule has 194 valence electrons. The lowest BCUT2D eigenvalue weighted by atomic mass is 9.49. The smallest absolute Gasteiger partial charge is 0.186 e. The summed E-state index contributed by atoms with van der Waals surface area (Å²) in [5.41, 5.74) is 2.83. The summed E-state index contributed by atoms with van der Waals surface area (Å²) in [5, 5.41) is 49.2. The van der Waals surface area contributed by atoms with E-state index in [-0.39, 0.29) is 23.4 Å². The van der Waals surface area contributed by atoms with Gasteiger partial charge in [-0.1, -0.05) is 37.5 Å². The van der Waals surface area contributed by atoms with Crippen molar-refractivity contribution in [3.63, 3.8) is 0 Å². The Hall–Kier alpha value is -1.13. The molecule has 0 aromatic carbocycles. The predicted octanol–water partition coefficient (Wildman–Crippen LogP) is 1.62. The van der Waals surface area contributed by atoms with Gasteiger partial charge in [0.2, 0.25) is 0 Å². The molecule has 0 spiro atoms. The molecule has 0 unspecified atom stereocenters. The molecular formula is C26H42O8. The van der Waals surface area contributed by atoms with Gasteiger partial charge in [-0.3, -0.25) is 4.79 Å². The minimum absolute atomic E-state index is 0.0126. The molecule has 3 rings (SSSR count). The van der Waals surface area contributed by atoms with Crippen molar-refractivity contribution in [2.24, 2.45) is 16.7 Å². The molecule has 2 fully saturated rings. The number of hydrogen-bond donors (Lipinski definition) is 5. The van der Waals surface area contributed by atoms with Crippen LogP contribution in [0.4, 0.5) is 0 Å². The SMILES string of the molecule is C/C(=C\CO)CCC1=C(C=O)CC[C@@H]2[C@@](C)(CO[C@@H]3O[C@H](CO)[C@@H](O)[C@H](O)[C@H]3O)CCC[C@]12C. The van der Waals surface area contributed by atoms with Crippen molar-refractivity contribution >= 4 is 6.29 Å². The molecule has 1 heterocycles. The first-order valence-electron chi connectivity index (χ1n) is 12.5. The molecule has 1 saturated heterocycles. The summed E-state index contributed by atoms with van der Waals surface area (Å²) in [5.74, 6) is 0.263. The van der Waals surface area contributed by atoms with Crippen LogP contribution in [0, 0.1) is 16.7 Å². The van der Waals surface area contributed by atoms with Gasteiger partial charge in [-0.2, -0.15) is 0 Å². The van der Waals surface area contributed by atoms with Crippen molar-refractivity contribution in [2.75, 3.05) is 19.8 Å². The molecule has 0 amide bonds. The highest BCUT2D eigenvalue weighted by molar-refractivity contribution is 5.75. The second-order valence-corrected chi connectivity index (χ2v) is 10.9. The number of aliphatic hydroxyl groups excluding tert-OH is 5. The van der Waals surface area contributed by atoms with Gasteiger partial charge in [0.05, 0.1) is 19.8 Å². The van der Waals surface area contributed by atoms with Crippen LogP contribution < -0.4 is 0 Å². The normalized spacial score (nSPS) is 41.4. The van der Waals surface area contributed by atoms with E-state index in [1.807, 2.05) is 13.0 Å². The molecular weight excluding hydrogens is 440 g/mol. The van der Waals surface area contributed by atoms with Gasteiger partial charge >= 0.3 is 0 Å². The van der Waals surface area contributed by atoms with Crippen molar-refractivity contribution < 1.29 is 39.8 Å². The zero-order chi connectivity index (χ0) is 25.1. The zero-order valence-electron chi connectivity index (χ0n) is 20.7. The van der Waals surface area contributed by atoms with Gasteiger partial charge in [0, 0.05) is 0 Å². The topological polar surface area (TPSA) is 137 Å². The number of aliphatic hydroxyl groups is 5. The first kappa shape index (κ1) is 27.5. The van der Waals surface area contributed by atoms with Gasteiger partial charge in [0.15, 0.2) is 6.29 Å². The Kier molecular flexibility index (Phi) is 9.12. The summed E-state index contributed by atoms with van der Waals surface area (Å²) in [4.78, 5) is 12.0. The number of fused-ring (bicyclic) bond motifs is 1. The van der Waals surface area contributed by atoms with Crippen molar-refractivity contribution in [1.82, 2.24) is 0 Å². The third-order valence-corrected chi connectivity index (χ3v) is 8.61. The molecule has 0 aromatic rings. The Morgan fingerprint density at radius 3 is 2.53 bits per heavy atom. The number of aldehydes is 1. The Morgan fingerprint density at radius 2 is 1.88 bits per heavy atom. The van der Waals surface area contributed by atoms with Crippen LogP contribution in [0.3, 0.4) is 0 Å². The van der Waals surface area contributed by atoms with Crippen LogP contribution in [-0.2, 0) is 14.3 Å². The van der Waals surface area contributed by atoms with Gasteiger partial charge in [-0.05, 0) is 67.8 Å². The molecule has 34 heavy (non-hydrogen) atoms. The Bertz CT molecular complexity index is 777. The molecule has 8 atom stereocenters. The fourth-order valence-electron chi connectivity index (χ4n) is 6.63. The van der Waals surface area contributed by atoms with Crippen molar-refractivity contribution in [3.8, 4) is 0 Å². The third-order valence-electron chi connectivity index (χ3n) is 8.61. The van der Waals surface area contributed by atoms with E-state index in [2.05, 4.69) is 13.8 Å². The molecule has 5 N–H and O–H groups in total. The summed E-state index contributed by atoms with van der Waals surface area (Å²) in [6.07, 6.45) is 2.45. The van der Waals surface area contributed by atoms with Crippen molar-refractivity contribution in [1.29, 1.82) is 0 Å². The van der Waals surface area contributed by atoms with Crippen LogP contribution in [0.2, 0.25) is 0 Å². The largest absolute Gasteiger partial charge is 0.394 e. The van der Waals surface area contributed by atoms with Gasteiger partial charge in [0.1, 0.15) is 30.7 Å². The average molecular weight is 483 g/mol. The van der Waals surface area contributed by atoms with Crippen LogP contribution in [-0.4, -0.2) is 82.3 Å². The highest BCUT2D eigenvalue weighted by atomic mass is 16.7. The predicted molar refractivity (Wildman–Crippen MR) is 126 cm³/mol. The van der Waals surface area contributed by atoms with Gasteiger partial charge in [-0.25, -0.2) is 0 Å². The van der Waals surface area contributed by atoms with E-state index in [1.165, 1.54) is 5.57 Å². The highest BCUT2D eigenvalue weighted by Crippen LogP contribution is 2.60. The second-order valence-electron chi connectivity index (χ2n) is 10.9. The van der Waals surface area contributed by atoms with Crippen molar-refractivity contribution in [3.05, 3.63) is 22.8 Å². The van der Waals surface area contributed by atoms with E-state index >= 15 is 0 Å². The maximum absolute atomic E-state index is 12.0. The standard InChI is InChI=1S/C26H42O8/c1-16(9-12-27)5-7-18-17(13-28)6-8-20-25(2,10-4-11-26(18,20)3)15-33-24-23(32)22(31)21(30)19(14-29)34-24/h9,13,19-24,27,29-32H,4-8,10-12,14-15H2,1-3H3/b16-9+/t19-,20-,21-,22+,23-,24-,25-,26-/m1/s1. The lowest BCUT2D eigenvalue weighted by Gasteiger charge is -2.56. The Morgan fingerprint density at radius 1 is 1.15 bits per heavy atom. The first-order valence-corrected chi connectivity index (χ1v) is 12.5. The summed E-state index contributed by atoms with van der Waals surface area (Å²) in [6, 6.07) is 0. The molecule has 2 aliphatic carbocycles. The van der Waals surface area contributed by atoms with Gasteiger partial charge < -0.3 is 35.0 Å². The quantitative estimate of drug-likeness (QED) is 0.247. The minimum atomic E-state index is -1.46. The van der Waals surface area contributed by atoms with Crippen LogP contribution >= 0.6 is 0 Å². The lowest BCUT2D eigenvalue weighted by Crippen LogP contribution is -2.60. The summed E-state index contributed by atoms with van der Waals surface area (Å²) < 4.78 is 11.6. The number of hydrogen-bond acceptors (Lipinski definition) is 8. The van der Waals surface area contributed by atoms with Gasteiger partial charge in [-0.15, -0.1) is 0 Å². The lowest BCUT2D eigenvalue weighted by molar-refractivity contribution is -0.308. The van der Waals surface area contributed by atoms with E-state index in [4.69, 9.17) is 9.47 Å². The third kappa shape index (κ3) is 5.33. The molecule has 0 aromatic heterocycles. The van der Waals surface area contributed by atoms with Crippen LogP contribution in [0.15, 0.2) is 22.8 Å². The van der Waals surface area contributed by atoms with Crippen LogP contribution in [0.1, 0.15) is 65.7 Å². The van der Waals surface area contributed by atoms with Gasteiger partial charge in [0.25, 0.3) is 0 Å². The summed E-state index contributed by atoms with van der Waals surface area (Å²) >= 11 is 0. The van der Waals surface area contributed by atoms with Crippen LogP contribution in [0.25, 0.3) is 0 Å². The van der Waals surface area contributed by atoms with E-state index in [0.29, 0.717) is 6.61 Å². The minimum Gasteiger partial charge on any atom is -0.394 e. The molecule has 1 aliphatic heterocycles. The molecule has 8 heteroatoms. The molecule has 0 radical (unpaired) electrons. The maximum Gasteiger partial charge on any atom is 0.186 e. The number of allylic oxidation sites excluding steroid dienone is 3. The Balaban J connectivity index is 1.78. The van der Waals surface area contributed by atoms with E-state index in [1.54, 1.807) is 0 Å². The molecule has 1 saturated carbocycles.